The van der Waals surface area contributed by atoms with Crippen molar-refractivity contribution < 1.29 is 42.9 Å². The molecule has 0 radical (unpaired) electrons. The van der Waals surface area contributed by atoms with Gasteiger partial charge in [-0.3, -0.25) is 9.59 Å². The fraction of sp³-hybridized carbons (Fsp3) is 0.720. The maximum absolute atomic E-state index is 13.0. The van der Waals surface area contributed by atoms with Crippen LogP contribution >= 0.6 is 0 Å². The average Bonchev–Trinajstić information content (AvgIpc) is 3.50. The first-order chi connectivity index (χ1) is 44.6. The number of ether oxygens (including phenoxy) is 4. The Morgan fingerprint density at radius 3 is 0.879 bits per heavy atom. The summed E-state index contributed by atoms with van der Waals surface area (Å²) in [6, 6.07) is 0. The number of hydrogen-bond donors (Lipinski definition) is 0. The van der Waals surface area contributed by atoms with E-state index >= 15 is 0 Å². The maximum Gasteiger partial charge on any atom is 0.306 e. The first-order valence-electron chi connectivity index (χ1n) is 37.7. The van der Waals surface area contributed by atoms with E-state index < -0.39 is 24.3 Å². The van der Waals surface area contributed by atoms with Crippen molar-refractivity contribution in [3.05, 3.63) is 122 Å². The van der Waals surface area contributed by atoms with Crippen LogP contribution < -0.4 is 5.11 Å². The molecule has 0 aromatic rings. The Kier molecular flexibility index (Phi) is 68.1. The highest BCUT2D eigenvalue weighted by Crippen LogP contribution is 2.18. The van der Waals surface area contributed by atoms with Crippen molar-refractivity contribution in [2.24, 2.45) is 0 Å². The summed E-state index contributed by atoms with van der Waals surface area (Å²) in [6.07, 6.45) is 98.7. The molecule has 9 heteroatoms. The lowest BCUT2D eigenvalue weighted by molar-refractivity contribution is -0.870. The molecule has 2 atom stereocenters. The number of allylic oxidation sites excluding steroid dienone is 20. The molecular formula is C82H141NO8. The Morgan fingerprint density at radius 1 is 0.330 bits per heavy atom. The molecule has 0 rings (SSSR count). The lowest BCUT2D eigenvalue weighted by Crippen LogP contribution is -2.44. The van der Waals surface area contributed by atoms with Crippen LogP contribution in [0.25, 0.3) is 0 Å². The molecule has 0 aliphatic rings. The lowest BCUT2D eigenvalue weighted by Gasteiger charge is -2.26. The topological polar surface area (TPSA) is 111 Å². The van der Waals surface area contributed by atoms with Gasteiger partial charge in [-0.2, -0.15) is 0 Å². The molecular weight excluding hydrogens is 1130 g/mol. The van der Waals surface area contributed by atoms with Gasteiger partial charge < -0.3 is 33.3 Å². The van der Waals surface area contributed by atoms with Crippen LogP contribution in [-0.4, -0.2) is 82.3 Å². The molecule has 0 N–H and O–H groups in total. The Morgan fingerprint density at radius 2 is 0.593 bits per heavy atom. The first kappa shape index (κ1) is 86.7. The Hall–Kier alpha value is -4.31. The van der Waals surface area contributed by atoms with Gasteiger partial charge in [-0.25, -0.2) is 0 Å². The highest BCUT2D eigenvalue weighted by Gasteiger charge is 2.22. The van der Waals surface area contributed by atoms with Gasteiger partial charge in [-0.05, 0) is 103 Å². The third-order valence-electron chi connectivity index (χ3n) is 16.2. The van der Waals surface area contributed by atoms with Crippen LogP contribution in [0.3, 0.4) is 0 Å². The summed E-state index contributed by atoms with van der Waals surface area (Å²) in [6.45, 7) is 4.55. The van der Waals surface area contributed by atoms with Crippen LogP contribution in [0.15, 0.2) is 122 Å². The summed E-state index contributed by atoms with van der Waals surface area (Å²) in [4.78, 5) is 37.6. The summed E-state index contributed by atoms with van der Waals surface area (Å²) in [7, 11) is 5.94. The highest BCUT2D eigenvalue weighted by molar-refractivity contribution is 5.70. The number of hydrogen-bond acceptors (Lipinski definition) is 8. The summed E-state index contributed by atoms with van der Waals surface area (Å²) in [5, 5.41) is 11.8. The SMILES string of the molecule is CC/C=C\C/C=C\C/C=C\C/C=C\C/C=C\C/C=C\CCCCCCCCCCCCCCCCCCCCC(=O)OC(COC(=O)CCCCCCCCCCCCCCCCCC/C=C\C/C=C\C/C=C\C/C=C\CC)COC(OCC[N+](C)(C)C)C(=O)[O-]. The zero-order valence-corrected chi connectivity index (χ0v) is 59.7. The molecule has 0 amide bonds. The van der Waals surface area contributed by atoms with E-state index in [1.54, 1.807) is 0 Å². The number of aliphatic carboxylic acids is 1. The van der Waals surface area contributed by atoms with Crippen molar-refractivity contribution in [3.63, 3.8) is 0 Å². The number of carboxylic acid groups (broad SMARTS) is 1. The van der Waals surface area contributed by atoms with E-state index in [9.17, 15) is 19.5 Å². The third kappa shape index (κ3) is 73.0. The number of rotatable bonds is 69. The highest BCUT2D eigenvalue weighted by atomic mass is 16.7. The Bertz CT molecular complexity index is 1910. The number of carbonyl (C=O) groups excluding carboxylic acids is 3. The van der Waals surface area contributed by atoms with Gasteiger partial charge in [0.1, 0.15) is 13.2 Å². The molecule has 0 bridgehead atoms. The smallest absolute Gasteiger partial charge is 0.306 e. The predicted molar refractivity (Wildman–Crippen MR) is 389 cm³/mol. The summed E-state index contributed by atoms with van der Waals surface area (Å²) in [5.41, 5.74) is 0. The lowest BCUT2D eigenvalue weighted by atomic mass is 10.0. The monoisotopic (exact) mass is 1270 g/mol. The number of carboxylic acids is 1. The van der Waals surface area contributed by atoms with E-state index in [0.717, 1.165) is 96.3 Å². The standard InChI is InChI=1S/C82H141NO8/c1-6-8-10-12-14-16-18-20-22-24-26-28-30-32-34-36-37-38-39-40-41-42-43-45-47-49-51-53-55-57-59-61-63-65-67-69-71-73-80(85)91-78(77-90-82(81(86)87)88-75-74-83(3,4)5)76-89-79(84)72-70-68-66-64-62-60-58-56-54-52-50-48-46-44-35-33-31-29-27-25-23-21-19-17-15-13-11-9-7-2/h8-11,14-17,20-23,26-29,32,34,37-38,78,82H,6-7,12-13,18-19,24-25,30-31,33,35-36,39-77H2,1-5H3/b10-8-,11-9-,16-14-,17-15-,22-20-,23-21-,28-26-,29-27-,34-32-,38-37-. The molecule has 0 heterocycles. The van der Waals surface area contributed by atoms with Gasteiger partial charge in [0, 0.05) is 12.8 Å². The van der Waals surface area contributed by atoms with Crippen LogP contribution in [0, 0.1) is 0 Å². The molecule has 0 saturated carbocycles. The Labute approximate surface area is 561 Å². The van der Waals surface area contributed by atoms with Crippen molar-refractivity contribution in [1.29, 1.82) is 0 Å². The second kappa shape index (κ2) is 71.5. The number of quaternary nitrogens is 1. The molecule has 9 nitrogen and oxygen atoms in total. The van der Waals surface area contributed by atoms with Crippen LogP contribution in [0.4, 0.5) is 0 Å². The van der Waals surface area contributed by atoms with Crippen molar-refractivity contribution >= 4 is 17.9 Å². The molecule has 0 aromatic heterocycles. The summed E-state index contributed by atoms with van der Waals surface area (Å²) >= 11 is 0. The van der Waals surface area contributed by atoms with Crippen LogP contribution in [0.5, 0.6) is 0 Å². The predicted octanol–water partition coefficient (Wildman–Crippen LogP) is 22.6. The second-order valence-electron chi connectivity index (χ2n) is 26.2. The van der Waals surface area contributed by atoms with E-state index in [-0.39, 0.29) is 38.6 Å². The minimum atomic E-state index is -1.63. The average molecular weight is 1270 g/mol. The fourth-order valence-electron chi connectivity index (χ4n) is 10.5. The number of likely N-dealkylation sites (N-methyl/N-ethyl adjacent to an activating group) is 1. The van der Waals surface area contributed by atoms with Crippen LogP contribution in [0.1, 0.15) is 322 Å². The molecule has 0 aliphatic heterocycles. The van der Waals surface area contributed by atoms with Gasteiger partial charge in [0.25, 0.3) is 0 Å². The van der Waals surface area contributed by atoms with Gasteiger partial charge in [0.15, 0.2) is 12.4 Å². The largest absolute Gasteiger partial charge is 0.545 e. The van der Waals surface area contributed by atoms with E-state index in [1.165, 1.54) is 193 Å². The molecule has 0 fully saturated rings. The number of carbonyl (C=O) groups is 3. The summed E-state index contributed by atoms with van der Waals surface area (Å²) < 4.78 is 22.8. The fourth-order valence-corrected chi connectivity index (χ4v) is 10.5. The van der Waals surface area contributed by atoms with Gasteiger partial charge in [0.2, 0.25) is 0 Å². The minimum absolute atomic E-state index is 0.145. The van der Waals surface area contributed by atoms with Crippen molar-refractivity contribution in [3.8, 4) is 0 Å². The molecule has 0 aromatic carbocycles. The summed E-state index contributed by atoms with van der Waals surface area (Å²) in [5.74, 6) is -2.27. The van der Waals surface area contributed by atoms with E-state index in [2.05, 4.69) is 135 Å². The zero-order chi connectivity index (χ0) is 66.1. The molecule has 0 aliphatic carbocycles. The van der Waals surface area contributed by atoms with E-state index in [4.69, 9.17) is 18.9 Å². The number of nitrogens with zero attached hydrogens (tertiary/aromatic N) is 1. The van der Waals surface area contributed by atoms with Crippen LogP contribution in [0.2, 0.25) is 0 Å². The number of unbranched alkanes of at least 4 members (excludes halogenated alkanes) is 34. The second-order valence-corrected chi connectivity index (χ2v) is 26.2. The minimum Gasteiger partial charge on any atom is -0.545 e. The van der Waals surface area contributed by atoms with Crippen LogP contribution in [-0.2, 0) is 33.3 Å². The van der Waals surface area contributed by atoms with E-state index in [0.29, 0.717) is 17.4 Å². The van der Waals surface area contributed by atoms with E-state index in [1.807, 2.05) is 21.1 Å². The molecule has 522 valence electrons. The molecule has 2 unspecified atom stereocenters. The molecule has 0 spiro atoms. The first-order valence-corrected chi connectivity index (χ1v) is 37.7. The van der Waals surface area contributed by atoms with Gasteiger partial charge in [-0.1, -0.05) is 328 Å². The normalized spacial score (nSPS) is 13.4. The maximum atomic E-state index is 13.0. The molecule has 91 heavy (non-hydrogen) atoms. The third-order valence-corrected chi connectivity index (χ3v) is 16.2. The number of esters is 2. The van der Waals surface area contributed by atoms with Gasteiger partial charge in [0.05, 0.1) is 40.3 Å². The quantitative estimate of drug-likeness (QED) is 0.0195. The van der Waals surface area contributed by atoms with Crippen molar-refractivity contribution in [1.82, 2.24) is 0 Å². The van der Waals surface area contributed by atoms with Gasteiger partial charge >= 0.3 is 11.9 Å². The van der Waals surface area contributed by atoms with Crippen molar-refractivity contribution in [2.75, 3.05) is 47.5 Å². The van der Waals surface area contributed by atoms with Crippen molar-refractivity contribution in [2.45, 2.75) is 334 Å². The van der Waals surface area contributed by atoms with Gasteiger partial charge in [-0.15, -0.1) is 0 Å². The Balaban J connectivity index is 4.05. The molecule has 0 saturated heterocycles. The zero-order valence-electron chi connectivity index (χ0n) is 59.7.